The molecule has 2 unspecified atom stereocenters. The molecule has 0 heterocycles. The van der Waals surface area contributed by atoms with Crippen LogP contribution in [0.2, 0.25) is 0 Å². The van der Waals surface area contributed by atoms with Crippen LogP contribution in [-0.4, -0.2) is 29.5 Å². The first-order valence-electron chi connectivity index (χ1n) is 6.25. The molecule has 0 fully saturated rings. The number of carbonyl (C=O) groups is 1. The normalized spacial score (nSPS) is 14.5. The third kappa shape index (κ3) is 7.99. The summed E-state index contributed by atoms with van der Waals surface area (Å²) in [6.45, 7) is 7.75. The van der Waals surface area contributed by atoms with E-state index in [9.17, 15) is 4.79 Å². The smallest absolute Gasteiger partial charge is 0.232 e. The lowest BCUT2D eigenvalue weighted by Crippen LogP contribution is -2.32. The van der Waals surface area contributed by atoms with Crippen LogP contribution in [0.25, 0.3) is 0 Å². The molecule has 16 heavy (non-hydrogen) atoms. The Kier molecular flexibility index (Phi) is 9.83. The number of unbranched alkanes of at least 4 members (excludes halogenated alkanes) is 2. The van der Waals surface area contributed by atoms with Gasteiger partial charge in [0.05, 0.1) is 5.25 Å². The van der Waals surface area contributed by atoms with E-state index in [1.165, 1.54) is 12.8 Å². The number of thioether (sulfide) groups is 1. The lowest BCUT2D eigenvalue weighted by molar-refractivity contribution is -0.120. The lowest BCUT2D eigenvalue weighted by atomic mass is 10.2. The SMILES string of the molecule is CCCCCNC(=O)C(C)SC(C)CCN. The van der Waals surface area contributed by atoms with E-state index in [0.717, 1.165) is 19.4 Å². The molecule has 0 aliphatic rings. The number of nitrogens with two attached hydrogens (primary N) is 1. The first-order chi connectivity index (χ1) is 7.61. The van der Waals surface area contributed by atoms with Crippen molar-refractivity contribution in [2.75, 3.05) is 13.1 Å². The zero-order chi connectivity index (χ0) is 12.4. The minimum absolute atomic E-state index is 0.0307. The molecule has 0 aromatic rings. The predicted octanol–water partition coefficient (Wildman–Crippen LogP) is 2.15. The fraction of sp³-hybridized carbons (Fsp3) is 0.917. The van der Waals surface area contributed by atoms with Crippen molar-refractivity contribution >= 4 is 17.7 Å². The van der Waals surface area contributed by atoms with E-state index in [2.05, 4.69) is 19.2 Å². The van der Waals surface area contributed by atoms with E-state index < -0.39 is 0 Å². The molecule has 3 nitrogen and oxygen atoms in total. The summed E-state index contributed by atoms with van der Waals surface area (Å²) < 4.78 is 0. The van der Waals surface area contributed by atoms with Crippen molar-refractivity contribution in [3.8, 4) is 0 Å². The average Bonchev–Trinajstić information content (AvgIpc) is 2.24. The maximum atomic E-state index is 11.7. The van der Waals surface area contributed by atoms with Gasteiger partial charge in [0.25, 0.3) is 0 Å². The second kappa shape index (κ2) is 9.97. The summed E-state index contributed by atoms with van der Waals surface area (Å²) in [6, 6.07) is 0. The molecule has 2 atom stereocenters. The predicted molar refractivity (Wildman–Crippen MR) is 72.7 cm³/mol. The van der Waals surface area contributed by atoms with Crippen LogP contribution in [-0.2, 0) is 4.79 Å². The topological polar surface area (TPSA) is 55.1 Å². The number of hydrogen-bond acceptors (Lipinski definition) is 3. The lowest BCUT2D eigenvalue weighted by Gasteiger charge is -2.16. The number of nitrogens with one attached hydrogen (secondary N) is 1. The fourth-order valence-corrected chi connectivity index (χ4v) is 2.62. The average molecular weight is 246 g/mol. The van der Waals surface area contributed by atoms with Crippen molar-refractivity contribution in [2.45, 2.75) is 57.0 Å². The number of carbonyl (C=O) groups excluding carboxylic acids is 1. The summed E-state index contributed by atoms with van der Waals surface area (Å²) >= 11 is 1.70. The highest BCUT2D eigenvalue weighted by molar-refractivity contribution is 8.01. The Labute approximate surface area is 104 Å². The maximum Gasteiger partial charge on any atom is 0.232 e. The largest absolute Gasteiger partial charge is 0.355 e. The molecule has 1 amide bonds. The molecular formula is C12H26N2OS. The van der Waals surface area contributed by atoms with E-state index >= 15 is 0 Å². The second-order valence-electron chi connectivity index (χ2n) is 4.16. The molecule has 0 radical (unpaired) electrons. The van der Waals surface area contributed by atoms with Gasteiger partial charge in [-0.25, -0.2) is 0 Å². The Balaban J connectivity index is 3.64. The van der Waals surface area contributed by atoms with E-state index in [4.69, 9.17) is 5.73 Å². The van der Waals surface area contributed by atoms with Crippen LogP contribution in [0.5, 0.6) is 0 Å². The number of rotatable bonds is 9. The summed E-state index contributed by atoms with van der Waals surface area (Å²) in [5.74, 6) is 0.157. The highest BCUT2D eigenvalue weighted by atomic mass is 32.2. The van der Waals surface area contributed by atoms with Crippen LogP contribution in [0, 0.1) is 0 Å². The van der Waals surface area contributed by atoms with E-state index in [0.29, 0.717) is 11.8 Å². The molecule has 4 heteroatoms. The number of amides is 1. The molecule has 0 bridgehead atoms. The van der Waals surface area contributed by atoms with Crippen molar-refractivity contribution in [2.24, 2.45) is 5.73 Å². The Morgan fingerprint density at radius 2 is 2.06 bits per heavy atom. The van der Waals surface area contributed by atoms with Gasteiger partial charge >= 0.3 is 0 Å². The van der Waals surface area contributed by atoms with Crippen LogP contribution in [0.15, 0.2) is 0 Å². The van der Waals surface area contributed by atoms with Crippen LogP contribution >= 0.6 is 11.8 Å². The van der Waals surface area contributed by atoms with Gasteiger partial charge in [-0.05, 0) is 26.3 Å². The van der Waals surface area contributed by atoms with Crippen LogP contribution in [0.1, 0.15) is 46.5 Å². The van der Waals surface area contributed by atoms with Crippen molar-refractivity contribution < 1.29 is 4.79 Å². The Morgan fingerprint density at radius 1 is 1.38 bits per heavy atom. The zero-order valence-electron chi connectivity index (χ0n) is 10.8. The van der Waals surface area contributed by atoms with Gasteiger partial charge in [0, 0.05) is 11.8 Å². The zero-order valence-corrected chi connectivity index (χ0v) is 11.6. The van der Waals surface area contributed by atoms with Crippen molar-refractivity contribution in [3.05, 3.63) is 0 Å². The van der Waals surface area contributed by atoms with E-state index in [1.54, 1.807) is 11.8 Å². The maximum absolute atomic E-state index is 11.7. The number of hydrogen-bond donors (Lipinski definition) is 2. The molecule has 0 aromatic heterocycles. The summed E-state index contributed by atoms with van der Waals surface area (Å²) in [5, 5.41) is 3.46. The van der Waals surface area contributed by atoms with Crippen LogP contribution < -0.4 is 11.1 Å². The summed E-state index contributed by atoms with van der Waals surface area (Å²) in [5.41, 5.74) is 5.48. The van der Waals surface area contributed by atoms with Gasteiger partial charge < -0.3 is 11.1 Å². The molecule has 3 N–H and O–H groups in total. The molecule has 0 aromatic carbocycles. The Morgan fingerprint density at radius 3 is 2.62 bits per heavy atom. The molecule has 0 spiro atoms. The van der Waals surface area contributed by atoms with Crippen LogP contribution in [0.3, 0.4) is 0 Å². The van der Waals surface area contributed by atoms with Gasteiger partial charge in [-0.15, -0.1) is 11.8 Å². The minimum Gasteiger partial charge on any atom is -0.355 e. The van der Waals surface area contributed by atoms with Gasteiger partial charge in [-0.3, -0.25) is 4.79 Å². The molecule has 0 rings (SSSR count). The molecule has 96 valence electrons. The first-order valence-corrected chi connectivity index (χ1v) is 7.19. The summed E-state index contributed by atoms with van der Waals surface area (Å²) in [7, 11) is 0. The standard InChI is InChI=1S/C12H26N2OS/c1-4-5-6-9-14-12(15)11(3)16-10(2)7-8-13/h10-11H,4-9,13H2,1-3H3,(H,14,15). The van der Waals surface area contributed by atoms with Crippen molar-refractivity contribution in [1.29, 1.82) is 0 Å². The van der Waals surface area contributed by atoms with Crippen molar-refractivity contribution in [1.82, 2.24) is 5.32 Å². The minimum atomic E-state index is 0.0307. The third-order valence-electron chi connectivity index (χ3n) is 2.46. The molecule has 0 aliphatic carbocycles. The van der Waals surface area contributed by atoms with Gasteiger partial charge in [-0.2, -0.15) is 0 Å². The quantitative estimate of drug-likeness (QED) is 0.613. The van der Waals surface area contributed by atoms with Crippen LogP contribution in [0.4, 0.5) is 0 Å². The third-order valence-corrected chi connectivity index (χ3v) is 3.78. The van der Waals surface area contributed by atoms with E-state index in [-0.39, 0.29) is 11.2 Å². The summed E-state index contributed by atoms with van der Waals surface area (Å²) in [4.78, 5) is 11.7. The molecule has 0 aliphatic heterocycles. The fourth-order valence-electron chi connectivity index (χ4n) is 1.44. The summed E-state index contributed by atoms with van der Waals surface area (Å²) in [6.07, 6.45) is 4.43. The second-order valence-corrected chi connectivity index (χ2v) is 5.95. The molecule has 0 saturated carbocycles. The Hall–Kier alpha value is -0.220. The molecule has 0 saturated heterocycles. The first kappa shape index (κ1) is 15.8. The van der Waals surface area contributed by atoms with Gasteiger partial charge in [0.1, 0.15) is 0 Å². The highest BCUT2D eigenvalue weighted by Crippen LogP contribution is 2.19. The molecular weight excluding hydrogens is 220 g/mol. The van der Waals surface area contributed by atoms with E-state index in [1.807, 2.05) is 6.92 Å². The monoisotopic (exact) mass is 246 g/mol. The van der Waals surface area contributed by atoms with Gasteiger partial charge in [0.2, 0.25) is 5.91 Å². The Bertz CT molecular complexity index is 188. The van der Waals surface area contributed by atoms with Gasteiger partial charge in [-0.1, -0.05) is 26.7 Å². The van der Waals surface area contributed by atoms with Crippen molar-refractivity contribution in [3.63, 3.8) is 0 Å². The highest BCUT2D eigenvalue weighted by Gasteiger charge is 2.15. The van der Waals surface area contributed by atoms with Gasteiger partial charge in [0.15, 0.2) is 0 Å².